The molecule has 1 aliphatic rings. The predicted octanol–water partition coefficient (Wildman–Crippen LogP) is 12.9. The Kier molecular flexibility index (Phi) is 8.00. The molecule has 58 heavy (non-hydrogen) atoms. The summed E-state index contributed by atoms with van der Waals surface area (Å²) in [7, 11) is 0. The van der Waals surface area contributed by atoms with Crippen LogP contribution in [0.3, 0.4) is 0 Å². The molecular weight excluding hydrogens is 715 g/mol. The maximum absolute atomic E-state index is 6.69. The monoisotopic (exact) mass is 745 g/mol. The predicted molar refractivity (Wildman–Crippen MR) is 230 cm³/mol. The molecule has 4 heterocycles. The highest BCUT2D eigenvalue weighted by Crippen LogP contribution is 2.50. The van der Waals surface area contributed by atoms with Crippen LogP contribution >= 0.6 is 0 Å². The van der Waals surface area contributed by atoms with Gasteiger partial charge in [0.1, 0.15) is 0 Å². The van der Waals surface area contributed by atoms with Crippen LogP contribution in [0.15, 0.2) is 188 Å². The normalized spacial score (nSPS) is 11.7. The zero-order valence-electron chi connectivity index (χ0n) is 31.0. The topological polar surface area (TPSA) is 82.9 Å². The lowest BCUT2D eigenvalue weighted by Gasteiger charge is -2.23. The molecule has 0 N–H and O–H groups in total. The number of aromatic nitrogens is 5. The Labute approximate surface area is 334 Å². The quantitative estimate of drug-likeness (QED) is 0.168. The first-order valence-corrected chi connectivity index (χ1v) is 19.1. The molecule has 10 aromatic rings. The van der Waals surface area contributed by atoms with Gasteiger partial charge in [-0.05, 0) is 65.7 Å². The number of nitrogens with zero attached hydrogens (tertiary/aromatic N) is 5. The summed E-state index contributed by atoms with van der Waals surface area (Å²) in [5.74, 6) is 4.26. The van der Waals surface area contributed by atoms with Crippen LogP contribution in [-0.4, -0.2) is 24.9 Å². The van der Waals surface area contributed by atoms with Gasteiger partial charge in [-0.1, -0.05) is 133 Å². The fraction of sp³-hybridized carbons (Fsp3) is 0. The zero-order valence-corrected chi connectivity index (χ0v) is 31.0. The van der Waals surface area contributed by atoms with Gasteiger partial charge in [-0.25, -0.2) is 24.9 Å². The summed E-state index contributed by atoms with van der Waals surface area (Å²) in [4.78, 5) is 24.9. The Bertz CT molecular complexity index is 3130. The first-order valence-electron chi connectivity index (χ1n) is 19.1. The van der Waals surface area contributed by atoms with E-state index in [1.54, 1.807) is 0 Å². The lowest BCUT2D eigenvalue weighted by Crippen LogP contribution is -2.02. The van der Waals surface area contributed by atoms with Crippen LogP contribution in [-0.2, 0) is 0 Å². The van der Waals surface area contributed by atoms with E-state index >= 15 is 0 Å². The minimum absolute atomic E-state index is 0.590. The molecule has 0 bridgehead atoms. The first-order chi connectivity index (χ1) is 28.7. The van der Waals surface area contributed by atoms with E-state index in [1.807, 2.05) is 140 Å². The van der Waals surface area contributed by atoms with E-state index in [0.717, 1.165) is 72.1 Å². The van der Waals surface area contributed by atoms with Gasteiger partial charge in [0.15, 0.2) is 40.5 Å². The highest BCUT2D eigenvalue weighted by molar-refractivity contribution is 5.90. The summed E-state index contributed by atoms with van der Waals surface area (Å²) in [5.41, 5.74) is 9.92. The highest BCUT2D eigenvalue weighted by atomic mass is 16.6. The average Bonchev–Trinajstić information content (AvgIpc) is 3.30. The molecule has 1 aliphatic heterocycles. The summed E-state index contributed by atoms with van der Waals surface area (Å²) < 4.78 is 13.3. The van der Waals surface area contributed by atoms with E-state index in [9.17, 15) is 0 Å². The molecule has 0 fully saturated rings. The fourth-order valence-electron chi connectivity index (χ4n) is 7.44. The number of para-hydroxylation sites is 2. The Morgan fingerprint density at radius 3 is 1.31 bits per heavy atom. The molecule has 3 aromatic heterocycles. The maximum atomic E-state index is 6.69. The molecule has 0 radical (unpaired) electrons. The first kappa shape index (κ1) is 33.3. The summed E-state index contributed by atoms with van der Waals surface area (Å²) in [6.07, 6.45) is 0. The maximum Gasteiger partial charge on any atom is 0.170 e. The van der Waals surface area contributed by atoms with Crippen molar-refractivity contribution in [3.8, 4) is 90.8 Å². The third-order valence-electron chi connectivity index (χ3n) is 10.4. The Balaban J connectivity index is 0.975. The van der Waals surface area contributed by atoms with Crippen LogP contribution in [0.2, 0.25) is 0 Å². The summed E-state index contributed by atoms with van der Waals surface area (Å²) in [6, 6.07) is 62.8. The van der Waals surface area contributed by atoms with Crippen molar-refractivity contribution in [3.63, 3.8) is 0 Å². The second-order valence-electron chi connectivity index (χ2n) is 14.1. The average molecular weight is 746 g/mol. The van der Waals surface area contributed by atoms with Crippen molar-refractivity contribution >= 4 is 21.8 Å². The van der Waals surface area contributed by atoms with E-state index in [0.29, 0.717) is 40.5 Å². The molecule has 11 rings (SSSR count). The van der Waals surface area contributed by atoms with Crippen LogP contribution in [0.4, 0.5) is 0 Å². The summed E-state index contributed by atoms with van der Waals surface area (Å²) in [5, 5.41) is 2.15. The van der Waals surface area contributed by atoms with Gasteiger partial charge >= 0.3 is 0 Å². The lowest BCUT2D eigenvalue weighted by atomic mass is 9.98. The van der Waals surface area contributed by atoms with E-state index in [2.05, 4.69) is 48.5 Å². The van der Waals surface area contributed by atoms with Gasteiger partial charge in [0.05, 0.1) is 22.4 Å². The molecule has 0 saturated heterocycles. The van der Waals surface area contributed by atoms with Crippen LogP contribution < -0.4 is 9.47 Å². The molecule has 7 heteroatoms. The van der Waals surface area contributed by atoms with E-state index < -0.39 is 0 Å². The van der Waals surface area contributed by atoms with E-state index in [1.165, 1.54) is 0 Å². The molecule has 0 unspecified atom stereocenters. The minimum atomic E-state index is 0.590. The minimum Gasteiger partial charge on any atom is -0.449 e. The molecule has 0 saturated carbocycles. The van der Waals surface area contributed by atoms with Crippen LogP contribution in [0.5, 0.6) is 23.0 Å². The van der Waals surface area contributed by atoms with Crippen molar-refractivity contribution in [3.05, 3.63) is 188 Å². The number of fused-ring (bicyclic) bond motifs is 4. The van der Waals surface area contributed by atoms with E-state index in [4.69, 9.17) is 34.4 Å². The number of benzene rings is 7. The molecule has 0 spiro atoms. The van der Waals surface area contributed by atoms with Gasteiger partial charge in [-0.3, -0.25) is 0 Å². The van der Waals surface area contributed by atoms with Gasteiger partial charge in [0, 0.05) is 38.6 Å². The second kappa shape index (κ2) is 13.9. The summed E-state index contributed by atoms with van der Waals surface area (Å²) in [6.45, 7) is 0. The SMILES string of the molecule is c1ccc(-c2nc(-c3ccccc3)nc(-c3cccc(-c4ccc5c(c4)Oc4cc(-c6ccc7ccccc7n6)c(-c6ccc7ccccc7n6)cc4O5)c3)n2)cc1. The van der Waals surface area contributed by atoms with Gasteiger partial charge in [-0.2, -0.15) is 0 Å². The molecule has 7 nitrogen and oxygen atoms in total. The van der Waals surface area contributed by atoms with Crippen LogP contribution in [0.25, 0.3) is 89.6 Å². The van der Waals surface area contributed by atoms with Crippen molar-refractivity contribution in [1.82, 2.24) is 24.9 Å². The lowest BCUT2D eigenvalue weighted by molar-refractivity contribution is 0.360. The van der Waals surface area contributed by atoms with Gasteiger partial charge in [-0.15, -0.1) is 0 Å². The number of pyridine rings is 2. The standard InChI is InChI=1S/C51H31N5O2/c1-3-14-34(15-4-1)49-54-50(35-16-5-2-6-17-35)56-51(55-49)38-19-11-18-36(28-38)37-24-27-45-46(29-37)58-48-31-40(44-26-23-33-13-8-10-21-42(33)53-44)39(30-47(48)57-45)43-25-22-32-12-7-9-20-41(32)52-43/h1-31H. The molecule has 272 valence electrons. The Morgan fingerprint density at radius 1 is 0.276 bits per heavy atom. The second-order valence-corrected chi connectivity index (χ2v) is 14.1. The van der Waals surface area contributed by atoms with Crippen molar-refractivity contribution in [2.24, 2.45) is 0 Å². The van der Waals surface area contributed by atoms with Gasteiger partial charge in [0.2, 0.25) is 0 Å². The molecular formula is C51H31N5O2. The van der Waals surface area contributed by atoms with Crippen molar-refractivity contribution in [1.29, 1.82) is 0 Å². The van der Waals surface area contributed by atoms with Crippen LogP contribution in [0.1, 0.15) is 0 Å². The van der Waals surface area contributed by atoms with E-state index in [-0.39, 0.29) is 0 Å². The number of hydrogen-bond donors (Lipinski definition) is 0. The zero-order chi connectivity index (χ0) is 38.4. The van der Waals surface area contributed by atoms with Crippen molar-refractivity contribution in [2.75, 3.05) is 0 Å². The Hall–Kier alpha value is -8.03. The van der Waals surface area contributed by atoms with Gasteiger partial charge in [0.25, 0.3) is 0 Å². The molecule has 7 aromatic carbocycles. The van der Waals surface area contributed by atoms with Crippen molar-refractivity contribution in [2.45, 2.75) is 0 Å². The molecule has 0 aliphatic carbocycles. The number of rotatable bonds is 6. The third kappa shape index (κ3) is 6.17. The number of hydrogen-bond acceptors (Lipinski definition) is 7. The van der Waals surface area contributed by atoms with Crippen LogP contribution in [0, 0.1) is 0 Å². The largest absolute Gasteiger partial charge is 0.449 e. The number of ether oxygens (including phenoxy) is 2. The fourth-order valence-corrected chi connectivity index (χ4v) is 7.44. The highest BCUT2D eigenvalue weighted by Gasteiger charge is 2.24. The van der Waals surface area contributed by atoms with Crippen molar-refractivity contribution < 1.29 is 9.47 Å². The summed E-state index contributed by atoms with van der Waals surface area (Å²) >= 11 is 0. The smallest absolute Gasteiger partial charge is 0.170 e. The van der Waals surface area contributed by atoms with Gasteiger partial charge < -0.3 is 9.47 Å². The molecule has 0 atom stereocenters. The third-order valence-corrected chi connectivity index (χ3v) is 10.4. The Morgan fingerprint density at radius 2 is 0.724 bits per heavy atom. The molecule has 0 amide bonds.